The monoisotopic (exact) mass is 329 g/mol. The Bertz CT molecular complexity index is 564. The third-order valence-corrected chi connectivity index (χ3v) is 6.26. The van der Waals surface area contributed by atoms with Gasteiger partial charge in [0.05, 0.1) is 10.6 Å². The summed E-state index contributed by atoms with van der Waals surface area (Å²) in [6.45, 7) is 7.17. The van der Waals surface area contributed by atoms with Crippen LogP contribution in [0.1, 0.15) is 33.6 Å². The average Bonchev–Trinajstić information content (AvgIpc) is 3.23. The highest BCUT2D eigenvalue weighted by Gasteiger charge is 2.33. The van der Waals surface area contributed by atoms with E-state index in [1.165, 1.54) is 12.8 Å². The van der Waals surface area contributed by atoms with Crippen molar-refractivity contribution in [3.63, 3.8) is 0 Å². The molecular formula is C16H24ClNO2S. The molecular weight excluding hydrogens is 306 g/mol. The quantitative estimate of drug-likeness (QED) is 0.766. The topological polar surface area (TPSA) is 37.4 Å². The zero-order valence-electron chi connectivity index (χ0n) is 12.9. The van der Waals surface area contributed by atoms with Gasteiger partial charge in [0, 0.05) is 23.7 Å². The predicted molar refractivity (Wildman–Crippen MR) is 87.5 cm³/mol. The SMILES string of the molecule is CC(C)C(C)N(CCS(=O)(=O)c1ccc(Cl)cc1)C1CC1. The molecule has 1 fully saturated rings. The number of sulfone groups is 1. The molecule has 1 unspecified atom stereocenters. The van der Waals surface area contributed by atoms with Crippen molar-refractivity contribution in [2.45, 2.75) is 50.6 Å². The maximum absolute atomic E-state index is 12.4. The second-order valence-electron chi connectivity index (χ2n) is 6.23. The molecule has 0 heterocycles. The Hall–Kier alpha value is -0.580. The molecule has 0 aliphatic heterocycles. The van der Waals surface area contributed by atoms with Crippen LogP contribution in [0.3, 0.4) is 0 Å². The summed E-state index contributed by atoms with van der Waals surface area (Å²) in [5.74, 6) is 0.700. The number of halogens is 1. The molecule has 118 valence electrons. The third-order valence-electron chi connectivity index (χ3n) is 4.29. The highest BCUT2D eigenvalue weighted by atomic mass is 35.5. The van der Waals surface area contributed by atoms with Gasteiger partial charge in [0.15, 0.2) is 9.84 Å². The van der Waals surface area contributed by atoms with E-state index in [4.69, 9.17) is 11.6 Å². The molecule has 0 saturated heterocycles. The predicted octanol–water partition coefficient (Wildman–Crippen LogP) is 3.62. The smallest absolute Gasteiger partial charge is 0.179 e. The molecule has 0 spiro atoms. The summed E-state index contributed by atoms with van der Waals surface area (Å²) in [7, 11) is -3.24. The van der Waals surface area contributed by atoms with Gasteiger partial charge in [-0.2, -0.15) is 0 Å². The summed E-state index contributed by atoms with van der Waals surface area (Å²) in [5.41, 5.74) is 0. The van der Waals surface area contributed by atoms with Crippen LogP contribution in [0.2, 0.25) is 5.02 Å². The molecule has 1 saturated carbocycles. The molecule has 0 amide bonds. The van der Waals surface area contributed by atoms with E-state index >= 15 is 0 Å². The van der Waals surface area contributed by atoms with Gasteiger partial charge in [-0.1, -0.05) is 25.4 Å². The lowest BCUT2D eigenvalue weighted by molar-refractivity contribution is 0.168. The average molecular weight is 330 g/mol. The van der Waals surface area contributed by atoms with Gasteiger partial charge >= 0.3 is 0 Å². The van der Waals surface area contributed by atoms with E-state index in [1.807, 2.05) is 0 Å². The minimum Gasteiger partial charge on any atom is -0.296 e. The highest BCUT2D eigenvalue weighted by molar-refractivity contribution is 7.91. The maximum atomic E-state index is 12.4. The summed E-state index contributed by atoms with van der Waals surface area (Å²) in [6.07, 6.45) is 2.39. The van der Waals surface area contributed by atoms with Crippen molar-refractivity contribution in [2.24, 2.45) is 5.92 Å². The van der Waals surface area contributed by atoms with Crippen LogP contribution >= 0.6 is 11.6 Å². The van der Waals surface area contributed by atoms with E-state index in [9.17, 15) is 8.42 Å². The molecule has 0 radical (unpaired) electrons. The Labute approximate surface area is 133 Å². The van der Waals surface area contributed by atoms with Gasteiger partial charge in [-0.15, -0.1) is 0 Å². The number of hydrogen-bond donors (Lipinski definition) is 0. The van der Waals surface area contributed by atoms with Crippen LogP contribution < -0.4 is 0 Å². The third kappa shape index (κ3) is 4.44. The van der Waals surface area contributed by atoms with E-state index < -0.39 is 9.84 Å². The van der Waals surface area contributed by atoms with Crippen LogP contribution in [0.25, 0.3) is 0 Å². The van der Waals surface area contributed by atoms with Crippen LogP contribution in [0, 0.1) is 5.92 Å². The largest absolute Gasteiger partial charge is 0.296 e. The molecule has 21 heavy (non-hydrogen) atoms. The summed E-state index contributed by atoms with van der Waals surface area (Å²) in [6, 6.07) is 7.42. The summed E-state index contributed by atoms with van der Waals surface area (Å²) in [4.78, 5) is 2.72. The minimum atomic E-state index is -3.24. The second kappa shape index (κ2) is 6.67. The normalized spacial score (nSPS) is 17.4. The Morgan fingerprint density at radius 1 is 1.19 bits per heavy atom. The molecule has 1 atom stereocenters. The van der Waals surface area contributed by atoms with Gasteiger partial charge in [-0.3, -0.25) is 4.90 Å². The first kappa shape index (κ1) is 16.8. The van der Waals surface area contributed by atoms with Gasteiger partial charge in [0.1, 0.15) is 0 Å². The van der Waals surface area contributed by atoms with Crippen molar-refractivity contribution in [1.29, 1.82) is 0 Å². The van der Waals surface area contributed by atoms with Crippen molar-refractivity contribution in [1.82, 2.24) is 4.90 Å². The molecule has 5 heteroatoms. The minimum absolute atomic E-state index is 0.169. The molecule has 2 rings (SSSR count). The zero-order valence-corrected chi connectivity index (χ0v) is 14.5. The van der Waals surface area contributed by atoms with Crippen molar-refractivity contribution < 1.29 is 8.42 Å². The fourth-order valence-electron chi connectivity index (χ4n) is 2.49. The highest BCUT2D eigenvalue weighted by Crippen LogP contribution is 2.30. The lowest BCUT2D eigenvalue weighted by Crippen LogP contribution is -2.41. The first-order valence-corrected chi connectivity index (χ1v) is 9.58. The van der Waals surface area contributed by atoms with Crippen molar-refractivity contribution in [3.05, 3.63) is 29.3 Å². The molecule has 1 aromatic rings. The van der Waals surface area contributed by atoms with E-state index in [-0.39, 0.29) is 5.75 Å². The first-order valence-electron chi connectivity index (χ1n) is 7.55. The van der Waals surface area contributed by atoms with Gasteiger partial charge in [-0.25, -0.2) is 8.42 Å². The second-order valence-corrected chi connectivity index (χ2v) is 8.77. The van der Waals surface area contributed by atoms with Gasteiger partial charge in [0.25, 0.3) is 0 Å². The van der Waals surface area contributed by atoms with Crippen molar-refractivity contribution in [3.8, 4) is 0 Å². The van der Waals surface area contributed by atoms with E-state index in [1.54, 1.807) is 24.3 Å². The van der Waals surface area contributed by atoms with Gasteiger partial charge < -0.3 is 0 Å². The molecule has 0 aromatic heterocycles. The fraction of sp³-hybridized carbons (Fsp3) is 0.625. The van der Waals surface area contributed by atoms with E-state index in [2.05, 4.69) is 25.7 Å². The number of nitrogens with zero attached hydrogens (tertiary/aromatic N) is 1. The lowest BCUT2D eigenvalue weighted by Gasteiger charge is -2.31. The van der Waals surface area contributed by atoms with E-state index in [0.29, 0.717) is 34.5 Å². The molecule has 3 nitrogen and oxygen atoms in total. The maximum Gasteiger partial charge on any atom is 0.179 e. The van der Waals surface area contributed by atoms with Crippen LogP contribution in [0.15, 0.2) is 29.2 Å². The standard InChI is InChI=1S/C16H24ClNO2S/c1-12(2)13(3)18(15-6-7-15)10-11-21(19,20)16-8-4-14(17)5-9-16/h4-5,8-9,12-13,15H,6-7,10-11H2,1-3H3. The van der Waals surface area contributed by atoms with Gasteiger partial charge in [0.2, 0.25) is 0 Å². The summed E-state index contributed by atoms with van der Waals surface area (Å²) < 4.78 is 24.8. The Morgan fingerprint density at radius 2 is 1.76 bits per heavy atom. The first-order chi connectivity index (χ1) is 9.81. The van der Waals surface area contributed by atoms with Crippen LogP contribution in [-0.2, 0) is 9.84 Å². The Morgan fingerprint density at radius 3 is 2.24 bits per heavy atom. The number of hydrogen-bond acceptors (Lipinski definition) is 3. The Balaban J connectivity index is 2.04. The van der Waals surface area contributed by atoms with Crippen molar-refractivity contribution >= 4 is 21.4 Å². The van der Waals surface area contributed by atoms with Crippen LogP contribution in [0.5, 0.6) is 0 Å². The summed E-state index contributed by atoms with van der Waals surface area (Å²) in [5, 5.41) is 0.557. The molecule has 0 bridgehead atoms. The van der Waals surface area contributed by atoms with Gasteiger partial charge in [-0.05, 0) is 49.9 Å². The number of rotatable bonds is 7. The van der Waals surface area contributed by atoms with Crippen LogP contribution in [-0.4, -0.2) is 37.7 Å². The molecule has 1 aliphatic carbocycles. The van der Waals surface area contributed by atoms with Crippen LogP contribution in [0.4, 0.5) is 0 Å². The molecule has 0 N–H and O–H groups in total. The molecule has 1 aromatic carbocycles. The van der Waals surface area contributed by atoms with Crippen molar-refractivity contribution in [2.75, 3.05) is 12.3 Å². The number of benzene rings is 1. The lowest BCUT2D eigenvalue weighted by atomic mass is 10.0. The zero-order chi connectivity index (χ0) is 15.6. The Kier molecular flexibility index (Phi) is 5.33. The summed E-state index contributed by atoms with van der Waals surface area (Å²) >= 11 is 5.81. The van der Waals surface area contributed by atoms with E-state index in [0.717, 1.165) is 0 Å². The fourth-order valence-corrected chi connectivity index (χ4v) is 3.86. The molecule has 1 aliphatic rings.